The molecule has 0 unspecified atom stereocenters. The van der Waals surface area contributed by atoms with Crippen LogP contribution >= 0.6 is 0 Å². The van der Waals surface area contributed by atoms with Crippen molar-refractivity contribution >= 4 is 35.4 Å². The third-order valence-electron chi connectivity index (χ3n) is 3.61. The lowest BCUT2D eigenvalue weighted by Crippen LogP contribution is -2.15. The van der Waals surface area contributed by atoms with Gasteiger partial charge in [0.15, 0.2) is 0 Å². The molecule has 0 fully saturated rings. The third-order valence-corrected chi connectivity index (χ3v) is 3.61. The zero-order valence-electron chi connectivity index (χ0n) is 15.6. The van der Waals surface area contributed by atoms with Crippen LogP contribution < -0.4 is 15.6 Å². The maximum atomic E-state index is 13.8. The van der Waals surface area contributed by atoms with Crippen LogP contribution in [0.5, 0.6) is 0 Å². The smallest absolute Gasteiger partial charge is 0.270 e. The molecule has 1 aromatic heterocycles. The molecule has 0 saturated carbocycles. The molecule has 148 valence electrons. The summed E-state index contributed by atoms with van der Waals surface area (Å²) in [5.41, 5.74) is 3.10. The summed E-state index contributed by atoms with van der Waals surface area (Å²) in [5.74, 6) is 0.133. The number of aromatic nitrogens is 3. The number of nitro benzene ring substituents is 1. The Labute approximate surface area is 165 Å². The van der Waals surface area contributed by atoms with E-state index in [-0.39, 0.29) is 23.1 Å². The zero-order chi connectivity index (χ0) is 20.8. The second-order valence-corrected chi connectivity index (χ2v) is 6.00. The lowest BCUT2D eigenvalue weighted by atomic mass is 10.2. The second-order valence-electron chi connectivity index (χ2n) is 6.00. The summed E-state index contributed by atoms with van der Waals surface area (Å²) in [6.07, 6.45) is 1.12. The Kier molecular flexibility index (Phi) is 5.88. The molecule has 1 heterocycles. The number of hydrogen-bond acceptors (Lipinski definition) is 9. The topological polar surface area (TPSA) is 121 Å². The molecule has 0 bridgehead atoms. The molecule has 3 rings (SSSR count). The number of hydrogen-bond donors (Lipinski definition) is 2. The summed E-state index contributed by atoms with van der Waals surface area (Å²) in [6, 6.07) is 12.5. The van der Waals surface area contributed by atoms with Gasteiger partial charge in [-0.15, -0.1) is 0 Å². The zero-order valence-corrected chi connectivity index (χ0v) is 15.6. The van der Waals surface area contributed by atoms with Crippen molar-refractivity contribution in [3.63, 3.8) is 0 Å². The van der Waals surface area contributed by atoms with E-state index < -0.39 is 10.7 Å². The third kappa shape index (κ3) is 5.19. The van der Waals surface area contributed by atoms with Crippen LogP contribution in [0.2, 0.25) is 0 Å². The summed E-state index contributed by atoms with van der Waals surface area (Å²) >= 11 is 0. The monoisotopic (exact) mass is 396 g/mol. The fourth-order valence-electron chi connectivity index (χ4n) is 2.22. The van der Waals surface area contributed by atoms with Crippen LogP contribution in [-0.2, 0) is 0 Å². The Bertz CT molecular complexity index is 1040. The average molecular weight is 396 g/mol. The summed E-state index contributed by atoms with van der Waals surface area (Å²) < 4.78 is 13.8. The highest BCUT2D eigenvalue weighted by Gasteiger charge is 2.10. The molecular weight excluding hydrogens is 379 g/mol. The number of benzene rings is 2. The van der Waals surface area contributed by atoms with Crippen LogP contribution in [0.3, 0.4) is 0 Å². The molecule has 0 radical (unpaired) electrons. The molecule has 0 aliphatic carbocycles. The molecule has 11 heteroatoms. The van der Waals surface area contributed by atoms with Crippen molar-refractivity contribution in [1.82, 2.24) is 15.0 Å². The first-order valence-electron chi connectivity index (χ1n) is 8.41. The number of rotatable bonds is 7. The van der Waals surface area contributed by atoms with E-state index in [4.69, 9.17) is 0 Å². The van der Waals surface area contributed by atoms with Gasteiger partial charge in [-0.3, -0.25) is 10.1 Å². The van der Waals surface area contributed by atoms with Crippen LogP contribution in [0, 0.1) is 15.9 Å². The minimum Gasteiger partial charge on any atom is -0.347 e. The predicted molar refractivity (Wildman–Crippen MR) is 108 cm³/mol. The van der Waals surface area contributed by atoms with Crippen molar-refractivity contribution in [2.75, 3.05) is 29.7 Å². The van der Waals surface area contributed by atoms with Crippen molar-refractivity contribution in [2.45, 2.75) is 0 Å². The van der Waals surface area contributed by atoms with Gasteiger partial charge in [0.1, 0.15) is 5.82 Å². The molecule has 0 aliphatic heterocycles. The van der Waals surface area contributed by atoms with Gasteiger partial charge in [-0.2, -0.15) is 20.1 Å². The largest absolute Gasteiger partial charge is 0.347 e. The molecule has 0 amide bonds. The van der Waals surface area contributed by atoms with Gasteiger partial charge in [-0.25, -0.2) is 9.82 Å². The van der Waals surface area contributed by atoms with E-state index in [9.17, 15) is 14.5 Å². The van der Waals surface area contributed by atoms with Crippen molar-refractivity contribution in [3.05, 3.63) is 70.0 Å². The fourth-order valence-corrected chi connectivity index (χ4v) is 2.22. The Hall–Kier alpha value is -4.15. The summed E-state index contributed by atoms with van der Waals surface area (Å²) in [6.45, 7) is 0. The number of non-ortho nitro benzene ring substituents is 1. The lowest BCUT2D eigenvalue weighted by molar-refractivity contribution is -0.384. The fraction of sp³-hybridized carbons (Fsp3) is 0.111. The summed E-state index contributed by atoms with van der Waals surface area (Å²) in [5, 5.41) is 17.8. The van der Waals surface area contributed by atoms with E-state index in [2.05, 4.69) is 30.8 Å². The van der Waals surface area contributed by atoms with Crippen LogP contribution in [0.1, 0.15) is 5.56 Å². The number of hydrazone groups is 1. The molecule has 0 aliphatic rings. The van der Waals surface area contributed by atoms with E-state index in [1.54, 1.807) is 19.0 Å². The van der Waals surface area contributed by atoms with Crippen LogP contribution in [0.25, 0.3) is 0 Å². The number of halogens is 1. The van der Waals surface area contributed by atoms with E-state index in [0.717, 1.165) is 30.1 Å². The summed E-state index contributed by atoms with van der Waals surface area (Å²) in [4.78, 5) is 24.7. The van der Waals surface area contributed by atoms with E-state index in [0.29, 0.717) is 5.95 Å². The first kappa shape index (κ1) is 19.6. The molecule has 0 saturated heterocycles. The van der Waals surface area contributed by atoms with Crippen LogP contribution in [0.4, 0.5) is 33.6 Å². The van der Waals surface area contributed by atoms with Gasteiger partial charge in [0.05, 0.1) is 11.1 Å². The molecule has 0 atom stereocenters. The molecule has 2 N–H and O–H groups in total. The first-order chi connectivity index (χ1) is 13.9. The normalized spacial score (nSPS) is 10.7. The standard InChI is InChI=1S/C18H17FN8O2/c1-26(2)18-23-16(21-13-6-4-3-5-7-13)22-17(24-18)25-20-11-12-10-14(27(28)29)8-9-15(12)19/h3-11H,1-2H3,(H2,21,22,23,24,25)/b20-11-. The van der Waals surface area contributed by atoms with Gasteiger partial charge in [-0.05, 0) is 18.2 Å². The number of para-hydroxylation sites is 1. The molecule has 29 heavy (non-hydrogen) atoms. The number of nitrogens with zero attached hydrogens (tertiary/aromatic N) is 6. The highest BCUT2D eigenvalue weighted by atomic mass is 19.1. The maximum absolute atomic E-state index is 13.8. The van der Waals surface area contributed by atoms with Gasteiger partial charge < -0.3 is 10.2 Å². The first-order valence-corrected chi connectivity index (χ1v) is 8.41. The van der Waals surface area contributed by atoms with Gasteiger partial charge in [0.25, 0.3) is 5.69 Å². The minimum atomic E-state index is -0.641. The van der Waals surface area contributed by atoms with E-state index >= 15 is 0 Å². The van der Waals surface area contributed by atoms with Gasteiger partial charge in [-0.1, -0.05) is 18.2 Å². The molecule has 2 aromatic carbocycles. The van der Waals surface area contributed by atoms with Gasteiger partial charge in [0, 0.05) is 37.5 Å². The average Bonchev–Trinajstić information content (AvgIpc) is 2.70. The van der Waals surface area contributed by atoms with Crippen molar-refractivity contribution in [1.29, 1.82) is 0 Å². The molecular formula is C18H17FN8O2. The number of nitro groups is 1. The van der Waals surface area contributed by atoms with Crippen molar-refractivity contribution < 1.29 is 9.31 Å². The van der Waals surface area contributed by atoms with E-state index in [1.165, 1.54) is 0 Å². The predicted octanol–water partition coefficient (Wildman–Crippen LogP) is 3.17. The quantitative estimate of drug-likeness (QED) is 0.355. The summed E-state index contributed by atoms with van der Waals surface area (Å²) in [7, 11) is 3.54. The Balaban J connectivity index is 1.82. The molecule has 10 nitrogen and oxygen atoms in total. The molecule has 0 spiro atoms. The van der Waals surface area contributed by atoms with Crippen molar-refractivity contribution in [2.24, 2.45) is 5.10 Å². The molecule has 3 aromatic rings. The Morgan fingerprint density at radius 3 is 2.52 bits per heavy atom. The van der Waals surface area contributed by atoms with E-state index in [1.807, 2.05) is 30.3 Å². The Morgan fingerprint density at radius 1 is 1.10 bits per heavy atom. The van der Waals surface area contributed by atoms with Gasteiger partial charge in [0.2, 0.25) is 17.8 Å². The van der Waals surface area contributed by atoms with Gasteiger partial charge >= 0.3 is 0 Å². The highest BCUT2D eigenvalue weighted by Crippen LogP contribution is 2.17. The minimum absolute atomic E-state index is 0.0452. The second kappa shape index (κ2) is 8.69. The van der Waals surface area contributed by atoms with Crippen LogP contribution in [-0.4, -0.2) is 40.2 Å². The Morgan fingerprint density at radius 2 is 1.83 bits per heavy atom. The SMILES string of the molecule is CN(C)c1nc(N/N=C\c2cc([N+](=O)[O-])ccc2F)nc(Nc2ccccc2)n1. The van der Waals surface area contributed by atoms with Crippen LogP contribution in [0.15, 0.2) is 53.6 Å². The highest BCUT2D eigenvalue weighted by molar-refractivity contribution is 5.81. The number of nitrogens with one attached hydrogen (secondary N) is 2. The maximum Gasteiger partial charge on any atom is 0.270 e. The number of anilines is 4. The van der Waals surface area contributed by atoms with Crippen molar-refractivity contribution in [3.8, 4) is 0 Å². The lowest BCUT2D eigenvalue weighted by Gasteiger charge is -2.13.